The fraction of sp³-hybridized carbons (Fsp3) is 0.769. The zero-order chi connectivity index (χ0) is 51.4. The van der Waals surface area contributed by atoms with Crippen LogP contribution in [0.25, 0.3) is 0 Å². The van der Waals surface area contributed by atoms with Crippen molar-refractivity contribution in [3.8, 4) is 0 Å². The van der Waals surface area contributed by atoms with Crippen LogP contribution in [-0.4, -0.2) is 37.2 Å². The van der Waals surface area contributed by atoms with E-state index < -0.39 is 6.10 Å². The first kappa shape index (κ1) is 67.8. The van der Waals surface area contributed by atoms with Gasteiger partial charge in [0.25, 0.3) is 0 Å². The molecule has 0 saturated heterocycles. The van der Waals surface area contributed by atoms with E-state index in [4.69, 9.17) is 14.2 Å². The summed E-state index contributed by atoms with van der Waals surface area (Å²) in [5.74, 6) is -0.882. The van der Waals surface area contributed by atoms with Crippen LogP contribution in [0.1, 0.15) is 303 Å². The van der Waals surface area contributed by atoms with E-state index in [9.17, 15) is 14.4 Å². The molecule has 1 atom stereocenters. The van der Waals surface area contributed by atoms with Crippen molar-refractivity contribution in [2.24, 2.45) is 0 Å². The van der Waals surface area contributed by atoms with E-state index >= 15 is 0 Å². The standard InChI is InChI=1S/C65H114O6/c1-4-7-10-13-16-19-22-25-27-28-29-30-31-32-33-34-35-36-38-40-43-46-49-52-55-58-64(67)70-61-62(60-69-63(66)57-54-51-48-45-42-39-24-21-18-15-12-9-6-3)71-65(68)59-56-53-50-47-44-41-37-26-23-20-17-14-11-8-5-2/h7,10,16-17,19-20,25-27,29-30,37,62H,4-6,8-9,11-15,18,21-24,28,31-36,38-61H2,1-3H3/b10-7-,19-16-,20-17-,27-25-,30-29-,37-26-. The van der Waals surface area contributed by atoms with Crippen molar-refractivity contribution in [2.45, 2.75) is 309 Å². The zero-order valence-corrected chi connectivity index (χ0v) is 47.0. The molecule has 0 heterocycles. The number of hydrogen-bond acceptors (Lipinski definition) is 6. The van der Waals surface area contributed by atoms with Crippen LogP contribution in [0.5, 0.6) is 0 Å². The van der Waals surface area contributed by atoms with Gasteiger partial charge in [-0.3, -0.25) is 14.4 Å². The summed E-state index contributed by atoms with van der Waals surface area (Å²) in [5.41, 5.74) is 0. The zero-order valence-electron chi connectivity index (χ0n) is 47.0. The molecule has 0 spiro atoms. The number of hydrogen-bond donors (Lipinski definition) is 0. The second-order valence-electron chi connectivity index (χ2n) is 20.2. The molecule has 1 unspecified atom stereocenters. The number of ether oxygens (including phenoxy) is 3. The van der Waals surface area contributed by atoms with E-state index in [2.05, 4.69) is 93.7 Å². The Morgan fingerprint density at radius 1 is 0.296 bits per heavy atom. The van der Waals surface area contributed by atoms with Crippen LogP contribution in [0.4, 0.5) is 0 Å². The van der Waals surface area contributed by atoms with Crippen LogP contribution in [0.15, 0.2) is 72.9 Å². The Hall–Kier alpha value is -3.15. The van der Waals surface area contributed by atoms with Gasteiger partial charge in [-0.1, -0.05) is 267 Å². The minimum atomic E-state index is -0.781. The number of allylic oxidation sites excluding steroid dienone is 12. The van der Waals surface area contributed by atoms with Crippen molar-refractivity contribution in [2.75, 3.05) is 13.2 Å². The summed E-state index contributed by atoms with van der Waals surface area (Å²) in [5, 5.41) is 0. The third kappa shape index (κ3) is 57.6. The third-order valence-electron chi connectivity index (χ3n) is 13.2. The largest absolute Gasteiger partial charge is 0.462 e. The van der Waals surface area contributed by atoms with Crippen molar-refractivity contribution >= 4 is 17.9 Å². The van der Waals surface area contributed by atoms with Crippen molar-refractivity contribution in [3.05, 3.63) is 72.9 Å². The summed E-state index contributed by atoms with van der Waals surface area (Å²) in [6, 6.07) is 0. The average Bonchev–Trinajstić information content (AvgIpc) is 3.37. The minimum absolute atomic E-state index is 0.0782. The van der Waals surface area contributed by atoms with E-state index in [0.29, 0.717) is 19.3 Å². The summed E-state index contributed by atoms with van der Waals surface area (Å²) < 4.78 is 16.9. The molecule has 0 aromatic carbocycles. The molecule has 0 amide bonds. The lowest BCUT2D eigenvalue weighted by molar-refractivity contribution is -0.167. The van der Waals surface area contributed by atoms with Crippen LogP contribution in [0.2, 0.25) is 0 Å². The maximum Gasteiger partial charge on any atom is 0.306 e. The normalized spacial score (nSPS) is 12.5. The van der Waals surface area contributed by atoms with Crippen LogP contribution >= 0.6 is 0 Å². The van der Waals surface area contributed by atoms with E-state index in [1.54, 1.807) is 0 Å². The van der Waals surface area contributed by atoms with Crippen molar-refractivity contribution < 1.29 is 28.6 Å². The molecule has 6 nitrogen and oxygen atoms in total. The van der Waals surface area contributed by atoms with Crippen molar-refractivity contribution in [1.29, 1.82) is 0 Å². The highest BCUT2D eigenvalue weighted by Crippen LogP contribution is 2.16. The number of unbranched alkanes of at least 4 members (excludes halogenated alkanes) is 32. The molecule has 0 radical (unpaired) electrons. The van der Waals surface area contributed by atoms with Gasteiger partial charge in [-0.25, -0.2) is 0 Å². The molecular weight excluding hydrogens is 877 g/mol. The molecule has 0 fully saturated rings. The highest BCUT2D eigenvalue weighted by molar-refractivity contribution is 5.71. The summed E-state index contributed by atoms with van der Waals surface area (Å²) in [7, 11) is 0. The molecular formula is C65H114O6. The summed E-state index contributed by atoms with van der Waals surface area (Å²) in [6.45, 7) is 6.52. The van der Waals surface area contributed by atoms with Gasteiger partial charge in [-0.15, -0.1) is 0 Å². The summed E-state index contributed by atoms with van der Waals surface area (Å²) in [4.78, 5) is 38.2. The molecule has 6 heteroatoms. The molecule has 0 aliphatic heterocycles. The second kappa shape index (κ2) is 59.4. The lowest BCUT2D eigenvalue weighted by atomic mass is 10.0. The monoisotopic (exact) mass is 991 g/mol. The Bertz CT molecular complexity index is 1320. The molecule has 0 N–H and O–H groups in total. The van der Waals surface area contributed by atoms with E-state index in [1.807, 2.05) is 0 Å². The minimum Gasteiger partial charge on any atom is -0.462 e. The topological polar surface area (TPSA) is 78.9 Å². The summed E-state index contributed by atoms with van der Waals surface area (Å²) >= 11 is 0. The first-order valence-electron chi connectivity index (χ1n) is 30.4. The van der Waals surface area contributed by atoms with Gasteiger partial charge in [0.15, 0.2) is 6.10 Å². The van der Waals surface area contributed by atoms with Gasteiger partial charge in [0.05, 0.1) is 0 Å². The second-order valence-corrected chi connectivity index (χ2v) is 20.2. The van der Waals surface area contributed by atoms with Crippen LogP contribution < -0.4 is 0 Å². The van der Waals surface area contributed by atoms with Gasteiger partial charge >= 0.3 is 17.9 Å². The van der Waals surface area contributed by atoms with Crippen LogP contribution in [0, 0.1) is 0 Å². The lowest BCUT2D eigenvalue weighted by Crippen LogP contribution is -2.30. The Morgan fingerprint density at radius 3 is 0.887 bits per heavy atom. The van der Waals surface area contributed by atoms with Crippen molar-refractivity contribution in [3.63, 3.8) is 0 Å². The molecule has 0 aliphatic rings. The van der Waals surface area contributed by atoms with Crippen LogP contribution in [0.3, 0.4) is 0 Å². The first-order chi connectivity index (χ1) is 35.0. The molecule has 0 rings (SSSR count). The van der Waals surface area contributed by atoms with Gasteiger partial charge < -0.3 is 14.2 Å². The van der Waals surface area contributed by atoms with E-state index in [-0.39, 0.29) is 31.1 Å². The maximum absolute atomic E-state index is 12.9. The molecule has 0 saturated carbocycles. The van der Waals surface area contributed by atoms with E-state index in [1.165, 1.54) is 154 Å². The quantitative estimate of drug-likeness (QED) is 0.0261. The smallest absolute Gasteiger partial charge is 0.306 e. The van der Waals surface area contributed by atoms with Gasteiger partial charge in [0.2, 0.25) is 0 Å². The third-order valence-corrected chi connectivity index (χ3v) is 13.2. The number of carbonyl (C=O) groups is 3. The molecule has 0 aromatic rings. The number of rotatable bonds is 55. The van der Waals surface area contributed by atoms with Gasteiger partial charge in [-0.05, 0) is 89.9 Å². The number of esters is 3. The SMILES string of the molecule is CC/C=C\C/C=C\C/C=C\C/C=C\CCCCCCCCCCCCCCC(=O)OCC(COC(=O)CCCCCCCCCCCCCCC)OC(=O)CCCCCCC/C=C\C/C=C\CCCCC. The van der Waals surface area contributed by atoms with Gasteiger partial charge in [0.1, 0.15) is 13.2 Å². The Kier molecular flexibility index (Phi) is 56.8. The maximum atomic E-state index is 12.9. The lowest BCUT2D eigenvalue weighted by Gasteiger charge is -2.18. The summed E-state index contributed by atoms with van der Waals surface area (Å²) in [6.07, 6.45) is 76.1. The van der Waals surface area contributed by atoms with Crippen molar-refractivity contribution in [1.82, 2.24) is 0 Å². The Labute approximate surface area is 440 Å². The highest BCUT2D eigenvalue weighted by Gasteiger charge is 2.19. The Morgan fingerprint density at radius 2 is 0.549 bits per heavy atom. The van der Waals surface area contributed by atoms with Gasteiger partial charge in [0, 0.05) is 19.3 Å². The predicted octanol–water partition coefficient (Wildman–Crippen LogP) is 20.5. The molecule has 0 aliphatic carbocycles. The number of carbonyl (C=O) groups excluding carboxylic acids is 3. The Balaban J connectivity index is 4.28. The van der Waals surface area contributed by atoms with Gasteiger partial charge in [-0.2, -0.15) is 0 Å². The first-order valence-corrected chi connectivity index (χ1v) is 30.4. The highest BCUT2D eigenvalue weighted by atomic mass is 16.6. The fourth-order valence-electron chi connectivity index (χ4n) is 8.64. The predicted molar refractivity (Wildman–Crippen MR) is 307 cm³/mol. The average molecular weight is 992 g/mol. The molecule has 71 heavy (non-hydrogen) atoms. The van der Waals surface area contributed by atoms with Crippen LogP contribution in [-0.2, 0) is 28.6 Å². The van der Waals surface area contributed by atoms with E-state index in [0.717, 1.165) is 109 Å². The molecule has 0 bridgehead atoms. The fourth-order valence-corrected chi connectivity index (χ4v) is 8.64. The molecule has 410 valence electrons. The molecule has 0 aromatic heterocycles.